The zero-order chi connectivity index (χ0) is 6.69. The molecule has 9 heavy (non-hydrogen) atoms. The number of rotatable bonds is 0. The molecule has 0 aromatic heterocycles. The molecule has 1 heteroatoms. The monoisotopic (exact) mass is 140 g/mol. The van der Waals surface area contributed by atoms with Gasteiger partial charge in [0.1, 0.15) is 0 Å². The van der Waals surface area contributed by atoms with E-state index in [2.05, 4.69) is 5.92 Å². The SMILES string of the molecule is C#CC1=CC(Cl)CCC1. The molecule has 0 saturated carbocycles. The molecule has 0 fully saturated rings. The summed E-state index contributed by atoms with van der Waals surface area (Å²) in [6.45, 7) is 0. The molecule has 0 spiro atoms. The molecule has 1 aliphatic rings. The quantitative estimate of drug-likeness (QED) is 0.358. The fourth-order valence-corrected chi connectivity index (χ4v) is 1.30. The van der Waals surface area contributed by atoms with Crippen molar-refractivity contribution < 1.29 is 0 Å². The third-order valence-corrected chi connectivity index (χ3v) is 1.84. The lowest BCUT2D eigenvalue weighted by Gasteiger charge is -2.11. The molecular formula is C8H9Cl. The molecule has 0 saturated heterocycles. The molecular weight excluding hydrogens is 132 g/mol. The Morgan fingerprint density at radius 3 is 3.00 bits per heavy atom. The van der Waals surface area contributed by atoms with Gasteiger partial charge in [-0.05, 0) is 24.8 Å². The summed E-state index contributed by atoms with van der Waals surface area (Å²) in [4.78, 5) is 0. The first-order chi connectivity index (χ1) is 4.33. The van der Waals surface area contributed by atoms with E-state index in [9.17, 15) is 0 Å². The first-order valence-corrected chi connectivity index (χ1v) is 3.58. The molecule has 1 aliphatic carbocycles. The predicted molar refractivity (Wildman–Crippen MR) is 40.4 cm³/mol. The topological polar surface area (TPSA) is 0 Å². The van der Waals surface area contributed by atoms with Crippen LogP contribution in [0.25, 0.3) is 0 Å². The predicted octanol–water partition coefficient (Wildman–Crippen LogP) is 2.34. The lowest BCUT2D eigenvalue weighted by atomic mass is 10.0. The van der Waals surface area contributed by atoms with Gasteiger partial charge in [0, 0.05) is 0 Å². The smallest absolute Gasteiger partial charge is 0.0527 e. The van der Waals surface area contributed by atoms with E-state index in [-0.39, 0.29) is 5.38 Å². The van der Waals surface area contributed by atoms with Gasteiger partial charge in [-0.25, -0.2) is 0 Å². The van der Waals surface area contributed by atoms with Crippen LogP contribution in [0.2, 0.25) is 0 Å². The van der Waals surface area contributed by atoms with Crippen LogP contribution in [-0.4, -0.2) is 5.38 Å². The van der Waals surface area contributed by atoms with Gasteiger partial charge < -0.3 is 0 Å². The van der Waals surface area contributed by atoms with E-state index in [0.717, 1.165) is 24.8 Å². The maximum atomic E-state index is 5.82. The lowest BCUT2D eigenvalue weighted by molar-refractivity contribution is 0.721. The highest BCUT2D eigenvalue weighted by atomic mass is 35.5. The highest BCUT2D eigenvalue weighted by Gasteiger charge is 2.08. The Hall–Kier alpha value is -0.410. The molecule has 1 unspecified atom stereocenters. The zero-order valence-corrected chi connectivity index (χ0v) is 5.99. The van der Waals surface area contributed by atoms with Gasteiger partial charge in [0.2, 0.25) is 0 Å². The molecule has 0 amide bonds. The molecule has 0 bridgehead atoms. The van der Waals surface area contributed by atoms with Crippen LogP contribution in [0.5, 0.6) is 0 Å². The van der Waals surface area contributed by atoms with Gasteiger partial charge in [-0.1, -0.05) is 12.0 Å². The van der Waals surface area contributed by atoms with E-state index in [1.807, 2.05) is 6.08 Å². The third-order valence-electron chi connectivity index (χ3n) is 1.49. The van der Waals surface area contributed by atoms with E-state index in [4.69, 9.17) is 18.0 Å². The van der Waals surface area contributed by atoms with Crippen molar-refractivity contribution in [3.63, 3.8) is 0 Å². The molecule has 1 rings (SSSR count). The van der Waals surface area contributed by atoms with Crippen molar-refractivity contribution in [3.8, 4) is 12.3 Å². The molecule has 0 aromatic carbocycles. The van der Waals surface area contributed by atoms with E-state index >= 15 is 0 Å². The number of hydrogen-bond acceptors (Lipinski definition) is 0. The summed E-state index contributed by atoms with van der Waals surface area (Å²) in [5.41, 5.74) is 1.07. The van der Waals surface area contributed by atoms with Crippen LogP contribution in [-0.2, 0) is 0 Å². The summed E-state index contributed by atoms with van der Waals surface area (Å²) >= 11 is 5.82. The second-order valence-corrected chi connectivity index (χ2v) is 2.81. The molecule has 0 aliphatic heterocycles. The lowest BCUT2D eigenvalue weighted by Crippen LogP contribution is -2.01. The molecule has 0 radical (unpaired) electrons. The summed E-state index contributed by atoms with van der Waals surface area (Å²) < 4.78 is 0. The fourth-order valence-electron chi connectivity index (χ4n) is 0.993. The van der Waals surface area contributed by atoms with E-state index in [1.165, 1.54) is 0 Å². The van der Waals surface area contributed by atoms with Crippen molar-refractivity contribution in [2.45, 2.75) is 24.6 Å². The Bertz CT molecular complexity index is 162. The van der Waals surface area contributed by atoms with Crippen LogP contribution < -0.4 is 0 Å². The Kier molecular flexibility index (Phi) is 2.19. The van der Waals surface area contributed by atoms with Crippen molar-refractivity contribution >= 4 is 11.6 Å². The second kappa shape index (κ2) is 2.94. The average molecular weight is 141 g/mol. The van der Waals surface area contributed by atoms with Crippen LogP contribution in [0.4, 0.5) is 0 Å². The Balaban J connectivity index is 2.62. The molecule has 0 heterocycles. The van der Waals surface area contributed by atoms with Gasteiger partial charge in [0.05, 0.1) is 5.38 Å². The van der Waals surface area contributed by atoms with E-state index in [1.54, 1.807) is 0 Å². The normalized spacial score (nSPS) is 26.7. The molecule has 0 nitrogen and oxygen atoms in total. The molecule has 0 N–H and O–H groups in total. The van der Waals surface area contributed by atoms with E-state index in [0.29, 0.717) is 0 Å². The first-order valence-electron chi connectivity index (χ1n) is 3.14. The van der Waals surface area contributed by atoms with Crippen molar-refractivity contribution in [1.29, 1.82) is 0 Å². The summed E-state index contributed by atoms with van der Waals surface area (Å²) in [5, 5.41) is 0.185. The van der Waals surface area contributed by atoms with Crippen LogP contribution in [0.1, 0.15) is 19.3 Å². The second-order valence-electron chi connectivity index (χ2n) is 2.24. The highest BCUT2D eigenvalue weighted by Crippen LogP contribution is 2.20. The van der Waals surface area contributed by atoms with E-state index < -0.39 is 0 Å². The summed E-state index contributed by atoms with van der Waals surface area (Å²) in [5.74, 6) is 2.61. The third kappa shape index (κ3) is 1.77. The minimum Gasteiger partial charge on any atom is -0.118 e. The number of hydrogen-bond donors (Lipinski definition) is 0. The zero-order valence-electron chi connectivity index (χ0n) is 5.23. The summed E-state index contributed by atoms with van der Waals surface area (Å²) in [6.07, 6.45) is 10.4. The number of halogens is 1. The summed E-state index contributed by atoms with van der Waals surface area (Å²) in [7, 11) is 0. The number of terminal acetylenes is 1. The largest absolute Gasteiger partial charge is 0.118 e. The van der Waals surface area contributed by atoms with Crippen molar-refractivity contribution in [1.82, 2.24) is 0 Å². The van der Waals surface area contributed by atoms with Gasteiger partial charge in [-0.3, -0.25) is 0 Å². The highest BCUT2D eigenvalue weighted by molar-refractivity contribution is 6.21. The van der Waals surface area contributed by atoms with Crippen molar-refractivity contribution in [2.75, 3.05) is 0 Å². The van der Waals surface area contributed by atoms with Gasteiger partial charge >= 0.3 is 0 Å². The first kappa shape index (κ1) is 6.71. The molecule has 1 atom stereocenters. The molecule has 0 aromatic rings. The van der Waals surface area contributed by atoms with Crippen molar-refractivity contribution in [3.05, 3.63) is 11.6 Å². The van der Waals surface area contributed by atoms with Gasteiger partial charge in [-0.15, -0.1) is 18.0 Å². The van der Waals surface area contributed by atoms with Gasteiger partial charge in [0.15, 0.2) is 0 Å². The van der Waals surface area contributed by atoms with Crippen molar-refractivity contribution in [2.24, 2.45) is 0 Å². The fraction of sp³-hybridized carbons (Fsp3) is 0.500. The number of alkyl halides is 1. The van der Waals surface area contributed by atoms with Crippen LogP contribution in [0.15, 0.2) is 11.6 Å². The summed E-state index contributed by atoms with van der Waals surface area (Å²) in [6, 6.07) is 0. The maximum Gasteiger partial charge on any atom is 0.0527 e. The Morgan fingerprint density at radius 2 is 2.56 bits per heavy atom. The maximum absolute atomic E-state index is 5.82. The number of allylic oxidation sites excluding steroid dienone is 2. The Labute approximate surface area is 60.9 Å². The van der Waals surface area contributed by atoms with Crippen LogP contribution in [0.3, 0.4) is 0 Å². The Morgan fingerprint density at radius 1 is 1.78 bits per heavy atom. The minimum atomic E-state index is 0.185. The van der Waals surface area contributed by atoms with Gasteiger partial charge in [0.25, 0.3) is 0 Å². The minimum absolute atomic E-state index is 0.185. The molecule has 48 valence electrons. The average Bonchev–Trinajstić information content (AvgIpc) is 1.88. The van der Waals surface area contributed by atoms with Gasteiger partial charge in [-0.2, -0.15) is 0 Å². The standard InChI is InChI=1S/C8H9Cl/c1-2-7-4-3-5-8(9)6-7/h1,6,8H,3-5H2. The van der Waals surface area contributed by atoms with Crippen LogP contribution in [0, 0.1) is 12.3 Å². The van der Waals surface area contributed by atoms with Crippen LogP contribution >= 0.6 is 11.6 Å².